The molecule has 0 heterocycles. The van der Waals surface area contributed by atoms with Crippen molar-refractivity contribution in [1.82, 2.24) is 10.4 Å². The van der Waals surface area contributed by atoms with Gasteiger partial charge >= 0.3 is 0 Å². The first-order chi connectivity index (χ1) is 7.49. The molecule has 0 aliphatic heterocycles. The molecule has 16 heavy (non-hydrogen) atoms. The summed E-state index contributed by atoms with van der Waals surface area (Å²) in [5, 5.41) is 1.59. The van der Waals surface area contributed by atoms with Crippen molar-refractivity contribution in [2.45, 2.75) is 12.5 Å². The Kier molecular flexibility index (Phi) is 4.92. The van der Waals surface area contributed by atoms with Gasteiger partial charge in [-0.15, -0.1) is 0 Å². The quantitative estimate of drug-likeness (QED) is 0.809. The van der Waals surface area contributed by atoms with E-state index in [1.807, 2.05) is 24.3 Å². The standard InChI is InChI=1S/C11H16BrN3O/c1-15(2)14-11(16)10(13)7-8-3-5-9(12)6-4-8/h3-6,10H,7,13H2,1-2H3,(H,14,16). The Hall–Kier alpha value is -0.910. The molecule has 1 aromatic carbocycles. The maximum absolute atomic E-state index is 11.5. The third-order valence-electron chi connectivity index (χ3n) is 2.04. The first-order valence-corrected chi connectivity index (χ1v) is 5.76. The van der Waals surface area contributed by atoms with Crippen LogP contribution in [-0.4, -0.2) is 31.1 Å². The SMILES string of the molecule is CN(C)NC(=O)C(N)Cc1ccc(Br)cc1. The van der Waals surface area contributed by atoms with Crippen molar-refractivity contribution in [3.63, 3.8) is 0 Å². The fourth-order valence-electron chi connectivity index (χ4n) is 1.27. The van der Waals surface area contributed by atoms with Gasteiger partial charge in [-0.3, -0.25) is 10.2 Å². The lowest BCUT2D eigenvalue weighted by Crippen LogP contribution is -2.47. The van der Waals surface area contributed by atoms with E-state index in [9.17, 15) is 4.79 Å². The van der Waals surface area contributed by atoms with Crippen LogP contribution < -0.4 is 11.2 Å². The molecule has 0 saturated heterocycles. The number of rotatable bonds is 4. The molecule has 1 aromatic rings. The van der Waals surface area contributed by atoms with Gasteiger partial charge in [-0.2, -0.15) is 0 Å². The fourth-order valence-corrected chi connectivity index (χ4v) is 1.53. The maximum Gasteiger partial charge on any atom is 0.251 e. The van der Waals surface area contributed by atoms with Gasteiger partial charge in [0.1, 0.15) is 0 Å². The van der Waals surface area contributed by atoms with E-state index >= 15 is 0 Å². The van der Waals surface area contributed by atoms with Crippen LogP contribution in [0.4, 0.5) is 0 Å². The van der Waals surface area contributed by atoms with Crippen LogP contribution in [0.25, 0.3) is 0 Å². The summed E-state index contributed by atoms with van der Waals surface area (Å²) in [7, 11) is 3.51. The first kappa shape index (κ1) is 13.2. The number of hydrogen-bond acceptors (Lipinski definition) is 3. The summed E-state index contributed by atoms with van der Waals surface area (Å²) in [4.78, 5) is 11.5. The molecule has 4 nitrogen and oxygen atoms in total. The Morgan fingerprint density at radius 2 is 2.00 bits per heavy atom. The van der Waals surface area contributed by atoms with Crippen molar-refractivity contribution in [2.75, 3.05) is 14.1 Å². The van der Waals surface area contributed by atoms with Crippen molar-refractivity contribution in [2.24, 2.45) is 5.73 Å². The average molecular weight is 286 g/mol. The minimum atomic E-state index is -0.524. The molecule has 1 unspecified atom stereocenters. The van der Waals surface area contributed by atoms with Gasteiger partial charge in [0.2, 0.25) is 0 Å². The van der Waals surface area contributed by atoms with E-state index in [0.29, 0.717) is 6.42 Å². The minimum Gasteiger partial charge on any atom is -0.320 e. The number of hydrazine groups is 1. The van der Waals surface area contributed by atoms with Crippen molar-refractivity contribution in [3.05, 3.63) is 34.3 Å². The van der Waals surface area contributed by atoms with E-state index in [1.165, 1.54) is 0 Å². The summed E-state index contributed by atoms with van der Waals surface area (Å²) in [6, 6.07) is 7.25. The number of amides is 1. The van der Waals surface area contributed by atoms with Crippen LogP contribution in [0.5, 0.6) is 0 Å². The molecule has 0 aliphatic rings. The van der Waals surface area contributed by atoms with E-state index < -0.39 is 6.04 Å². The largest absolute Gasteiger partial charge is 0.320 e. The summed E-state index contributed by atoms with van der Waals surface area (Å²) in [5.74, 6) is -0.173. The number of halogens is 1. The highest BCUT2D eigenvalue weighted by molar-refractivity contribution is 9.10. The van der Waals surface area contributed by atoms with Crippen LogP contribution in [0.3, 0.4) is 0 Å². The zero-order chi connectivity index (χ0) is 12.1. The number of hydrogen-bond donors (Lipinski definition) is 2. The molecule has 0 spiro atoms. The van der Waals surface area contributed by atoms with Crippen LogP contribution in [0.2, 0.25) is 0 Å². The molecular formula is C11H16BrN3O. The molecular weight excluding hydrogens is 270 g/mol. The number of nitrogens with one attached hydrogen (secondary N) is 1. The highest BCUT2D eigenvalue weighted by atomic mass is 79.9. The average Bonchev–Trinajstić information content (AvgIpc) is 2.20. The molecule has 5 heteroatoms. The molecule has 1 amide bonds. The van der Waals surface area contributed by atoms with E-state index in [4.69, 9.17) is 5.73 Å². The van der Waals surface area contributed by atoms with Gasteiger partial charge in [-0.05, 0) is 24.1 Å². The Morgan fingerprint density at radius 3 is 2.50 bits per heavy atom. The number of nitrogens with two attached hydrogens (primary N) is 1. The van der Waals surface area contributed by atoms with Crippen molar-refractivity contribution in [1.29, 1.82) is 0 Å². The number of benzene rings is 1. The van der Waals surface area contributed by atoms with Gasteiger partial charge in [-0.1, -0.05) is 28.1 Å². The summed E-state index contributed by atoms with van der Waals surface area (Å²) < 4.78 is 1.02. The van der Waals surface area contributed by atoms with Gasteiger partial charge < -0.3 is 5.73 Å². The van der Waals surface area contributed by atoms with Crippen molar-refractivity contribution in [3.8, 4) is 0 Å². The van der Waals surface area contributed by atoms with E-state index in [1.54, 1.807) is 19.1 Å². The normalized spacial score (nSPS) is 12.6. The molecule has 1 rings (SSSR count). The summed E-state index contributed by atoms with van der Waals surface area (Å²) in [6.45, 7) is 0. The molecule has 3 N–H and O–H groups in total. The van der Waals surface area contributed by atoms with Gasteiger partial charge in [0.15, 0.2) is 0 Å². The number of nitrogens with zero attached hydrogens (tertiary/aromatic N) is 1. The minimum absolute atomic E-state index is 0.173. The molecule has 88 valence electrons. The first-order valence-electron chi connectivity index (χ1n) is 4.97. The van der Waals surface area contributed by atoms with Gasteiger partial charge in [0.25, 0.3) is 5.91 Å². The summed E-state index contributed by atoms with van der Waals surface area (Å²) in [6.07, 6.45) is 0.535. The fraction of sp³-hybridized carbons (Fsp3) is 0.364. The highest BCUT2D eigenvalue weighted by Crippen LogP contribution is 2.11. The van der Waals surface area contributed by atoms with Gasteiger partial charge in [0.05, 0.1) is 6.04 Å². The van der Waals surface area contributed by atoms with E-state index in [2.05, 4.69) is 21.4 Å². The second-order valence-electron chi connectivity index (χ2n) is 3.81. The zero-order valence-electron chi connectivity index (χ0n) is 9.40. The lowest BCUT2D eigenvalue weighted by molar-refractivity contribution is -0.126. The molecule has 0 aliphatic carbocycles. The van der Waals surface area contributed by atoms with Crippen molar-refractivity contribution < 1.29 is 4.79 Å². The molecule has 0 saturated carbocycles. The highest BCUT2D eigenvalue weighted by Gasteiger charge is 2.14. The number of carbonyl (C=O) groups excluding carboxylic acids is 1. The van der Waals surface area contributed by atoms with Crippen LogP contribution in [-0.2, 0) is 11.2 Å². The Labute approximate surface area is 104 Å². The third kappa shape index (κ3) is 4.30. The zero-order valence-corrected chi connectivity index (χ0v) is 11.0. The summed E-state index contributed by atoms with van der Waals surface area (Å²) in [5.41, 5.74) is 9.47. The van der Waals surface area contributed by atoms with Crippen LogP contribution in [0, 0.1) is 0 Å². The monoisotopic (exact) mass is 285 g/mol. The number of carbonyl (C=O) groups is 1. The predicted octanol–water partition coefficient (Wildman–Crippen LogP) is 0.912. The van der Waals surface area contributed by atoms with Crippen LogP contribution >= 0.6 is 15.9 Å². The second-order valence-corrected chi connectivity index (χ2v) is 4.72. The van der Waals surface area contributed by atoms with E-state index in [0.717, 1.165) is 10.0 Å². The Bertz CT molecular complexity index is 351. The van der Waals surface area contributed by atoms with Gasteiger partial charge in [0, 0.05) is 18.6 Å². The summed E-state index contributed by atoms with van der Waals surface area (Å²) >= 11 is 3.36. The van der Waals surface area contributed by atoms with Crippen LogP contribution in [0.15, 0.2) is 28.7 Å². The molecule has 0 fully saturated rings. The molecule has 0 bridgehead atoms. The van der Waals surface area contributed by atoms with Gasteiger partial charge in [-0.25, -0.2) is 5.01 Å². The van der Waals surface area contributed by atoms with Crippen molar-refractivity contribution >= 4 is 21.8 Å². The smallest absolute Gasteiger partial charge is 0.251 e. The van der Waals surface area contributed by atoms with Crippen LogP contribution in [0.1, 0.15) is 5.56 Å². The van der Waals surface area contributed by atoms with E-state index in [-0.39, 0.29) is 5.91 Å². The Morgan fingerprint density at radius 1 is 1.44 bits per heavy atom. The second kappa shape index (κ2) is 5.98. The molecule has 1 atom stereocenters. The lowest BCUT2D eigenvalue weighted by Gasteiger charge is -2.16. The Balaban J connectivity index is 2.53. The topological polar surface area (TPSA) is 58.4 Å². The predicted molar refractivity (Wildman–Crippen MR) is 67.7 cm³/mol. The molecule has 0 aromatic heterocycles. The maximum atomic E-state index is 11.5. The lowest BCUT2D eigenvalue weighted by atomic mass is 10.1. The molecule has 0 radical (unpaired) electrons. The third-order valence-corrected chi connectivity index (χ3v) is 2.57.